The normalized spacial score (nSPS) is 12.2. The molecule has 25 heavy (non-hydrogen) atoms. The van der Waals surface area contributed by atoms with Crippen LogP contribution in [-0.2, 0) is 11.3 Å². The Balaban J connectivity index is 1.49. The minimum Gasteiger partial charge on any atom is -0.457 e. The van der Waals surface area contributed by atoms with Gasteiger partial charge in [-0.15, -0.1) is 11.3 Å². The van der Waals surface area contributed by atoms with Gasteiger partial charge in [0, 0.05) is 5.56 Å². The summed E-state index contributed by atoms with van der Waals surface area (Å²) in [6.45, 7) is 2.46. The third kappa shape index (κ3) is 3.23. The first kappa shape index (κ1) is 15.7. The Kier molecular flexibility index (Phi) is 4.15. The predicted octanol–water partition coefficient (Wildman–Crippen LogP) is 4.81. The van der Waals surface area contributed by atoms with Gasteiger partial charge in [0.05, 0.1) is 0 Å². The highest BCUT2D eigenvalue weighted by Gasteiger charge is 2.17. The summed E-state index contributed by atoms with van der Waals surface area (Å²) in [7, 11) is 0. The lowest BCUT2D eigenvalue weighted by molar-refractivity contribution is 0.0479. The van der Waals surface area contributed by atoms with E-state index in [1.807, 2.05) is 60.8 Å². The fourth-order valence-corrected chi connectivity index (χ4v) is 3.48. The molecule has 0 bridgehead atoms. The smallest absolute Gasteiger partial charge is 0.349 e. The Morgan fingerprint density at radius 3 is 2.72 bits per heavy atom. The van der Waals surface area contributed by atoms with Crippen LogP contribution in [0.4, 0.5) is 0 Å². The summed E-state index contributed by atoms with van der Waals surface area (Å²) in [4.78, 5) is 13.1. The summed E-state index contributed by atoms with van der Waals surface area (Å²) in [5, 5.41) is 1.91. The SMILES string of the molecule is Cc1ccc(-c2ccsc2C(=O)OCc2ccc3c(c2)OCO3)cc1. The first-order chi connectivity index (χ1) is 12.2. The molecular formula is C20H16O4S. The van der Waals surface area contributed by atoms with Crippen molar-refractivity contribution in [2.75, 3.05) is 6.79 Å². The lowest BCUT2D eigenvalue weighted by atomic mass is 10.1. The van der Waals surface area contributed by atoms with Crippen molar-refractivity contribution in [3.8, 4) is 22.6 Å². The Labute approximate surface area is 149 Å². The van der Waals surface area contributed by atoms with Crippen molar-refractivity contribution >= 4 is 17.3 Å². The quantitative estimate of drug-likeness (QED) is 0.632. The van der Waals surface area contributed by atoms with Gasteiger partial charge in [-0.25, -0.2) is 4.79 Å². The molecule has 1 aliphatic rings. The maximum atomic E-state index is 12.5. The van der Waals surface area contributed by atoms with E-state index in [0.717, 1.165) is 22.4 Å². The molecule has 2 aromatic carbocycles. The number of hydrogen-bond donors (Lipinski definition) is 0. The predicted molar refractivity (Wildman–Crippen MR) is 96.2 cm³/mol. The van der Waals surface area contributed by atoms with Crippen LogP contribution in [-0.4, -0.2) is 12.8 Å². The number of rotatable bonds is 4. The fourth-order valence-electron chi connectivity index (χ4n) is 2.67. The highest BCUT2D eigenvalue weighted by molar-refractivity contribution is 7.12. The van der Waals surface area contributed by atoms with E-state index >= 15 is 0 Å². The molecule has 4 nitrogen and oxygen atoms in total. The zero-order chi connectivity index (χ0) is 17.2. The summed E-state index contributed by atoms with van der Waals surface area (Å²) >= 11 is 1.39. The van der Waals surface area contributed by atoms with Gasteiger partial charge >= 0.3 is 5.97 Å². The lowest BCUT2D eigenvalue weighted by Crippen LogP contribution is -2.04. The molecule has 0 radical (unpaired) electrons. The molecule has 0 atom stereocenters. The third-order valence-corrected chi connectivity index (χ3v) is 4.91. The van der Waals surface area contributed by atoms with Gasteiger partial charge < -0.3 is 14.2 Å². The van der Waals surface area contributed by atoms with Gasteiger partial charge in [-0.3, -0.25) is 0 Å². The van der Waals surface area contributed by atoms with Crippen LogP contribution in [0.3, 0.4) is 0 Å². The van der Waals surface area contributed by atoms with Crippen LogP contribution < -0.4 is 9.47 Å². The number of carbonyl (C=O) groups excluding carboxylic acids is 1. The molecule has 0 amide bonds. The maximum absolute atomic E-state index is 12.5. The molecule has 0 spiro atoms. The number of hydrogen-bond acceptors (Lipinski definition) is 5. The second-order valence-electron chi connectivity index (χ2n) is 5.79. The topological polar surface area (TPSA) is 44.8 Å². The standard InChI is InChI=1S/C20H16O4S/c1-13-2-5-15(6-3-13)16-8-9-25-19(16)20(21)22-11-14-4-7-17-18(10-14)24-12-23-17/h2-10H,11-12H2,1H3. The molecule has 0 saturated carbocycles. The van der Waals surface area contributed by atoms with Crippen molar-refractivity contribution in [2.24, 2.45) is 0 Å². The molecule has 3 aromatic rings. The molecular weight excluding hydrogens is 336 g/mol. The number of carbonyl (C=O) groups is 1. The molecule has 5 heteroatoms. The zero-order valence-electron chi connectivity index (χ0n) is 13.7. The van der Waals surface area contributed by atoms with Crippen molar-refractivity contribution in [2.45, 2.75) is 13.5 Å². The highest BCUT2D eigenvalue weighted by atomic mass is 32.1. The molecule has 4 rings (SSSR count). The molecule has 126 valence electrons. The average molecular weight is 352 g/mol. The lowest BCUT2D eigenvalue weighted by Gasteiger charge is -2.07. The molecule has 2 heterocycles. The Bertz CT molecular complexity index is 912. The maximum Gasteiger partial charge on any atom is 0.349 e. The highest BCUT2D eigenvalue weighted by Crippen LogP contribution is 2.33. The number of thiophene rings is 1. The van der Waals surface area contributed by atoms with Crippen LogP contribution in [0.15, 0.2) is 53.9 Å². The second-order valence-corrected chi connectivity index (χ2v) is 6.71. The van der Waals surface area contributed by atoms with Crippen LogP contribution in [0, 0.1) is 6.92 Å². The van der Waals surface area contributed by atoms with Crippen LogP contribution in [0.2, 0.25) is 0 Å². The minimum absolute atomic E-state index is 0.195. The number of aryl methyl sites for hydroxylation is 1. The fraction of sp³-hybridized carbons (Fsp3) is 0.150. The van der Waals surface area contributed by atoms with Gasteiger partial charge in [-0.05, 0) is 41.6 Å². The van der Waals surface area contributed by atoms with E-state index in [9.17, 15) is 4.79 Å². The van der Waals surface area contributed by atoms with Crippen molar-refractivity contribution in [3.63, 3.8) is 0 Å². The van der Waals surface area contributed by atoms with Gasteiger partial charge in [0.25, 0.3) is 0 Å². The average Bonchev–Trinajstić information content (AvgIpc) is 3.29. The van der Waals surface area contributed by atoms with E-state index in [1.165, 1.54) is 16.9 Å². The van der Waals surface area contributed by atoms with Gasteiger partial charge in [-0.1, -0.05) is 35.9 Å². The van der Waals surface area contributed by atoms with Gasteiger partial charge in [0.2, 0.25) is 6.79 Å². The van der Waals surface area contributed by atoms with Crippen LogP contribution in [0.5, 0.6) is 11.5 Å². The number of benzene rings is 2. The number of ether oxygens (including phenoxy) is 3. The van der Waals surface area contributed by atoms with Gasteiger partial charge in [0.1, 0.15) is 11.5 Å². The van der Waals surface area contributed by atoms with E-state index in [2.05, 4.69) is 0 Å². The van der Waals surface area contributed by atoms with Crippen molar-refractivity contribution < 1.29 is 19.0 Å². The summed E-state index contributed by atoms with van der Waals surface area (Å²) in [5.41, 5.74) is 3.97. The van der Waals surface area contributed by atoms with Crippen LogP contribution in [0.1, 0.15) is 20.8 Å². The zero-order valence-corrected chi connectivity index (χ0v) is 14.5. The third-order valence-electron chi connectivity index (χ3n) is 4.02. The molecule has 1 aliphatic heterocycles. The van der Waals surface area contributed by atoms with Crippen molar-refractivity contribution in [1.82, 2.24) is 0 Å². The Morgan fingerprint density at radius 2 is 1.88 bits per heavy atom. The van der Waals surface area contributed by atoms with Crippen LogP contribution in [0.25, 0.3) is 11.1 Å². The van der Waals surface area contributed by atoms with E-state index in [1.54, 1.807) is 0 Å². The summed E-state index contributed by atoms with van der Waals surface area (Å²) in [6.07, 6.45) is 0. The largest absolute Gasteiger partial charge is 0.457 e. The molecule has 0 N–H and O–H groups in total. The van der Waals surface area contributed by atoms with Crippen LogP contribution >= 0.6 is 11.3 Å². The molecule has 0 unspecified atom stereocenters. The monoisotopic (exact) mass is 352 g/mol. The number of esters is 1. The van der Waals surface area contributed by atoms with E-state index in [-0.39, 0.29) is 19.4 Å². The molecule has 1 aromatic heterocycles. The van der Waals surface area contributed by atoms with Crippen molar-refractivity contribution in [1.29, 1.82) is 0 Å². The van der Waals surface area contributed by atoms with E-state index in [0.29, 0.717) is 10.6 Å². The summed E-state index contributed by atoms with van der Waals surface area (Å²) in [5.74, 6) is 1.09. The number of fused-ring (bicyclic) bond motifs is 1. The van der Waals surface area contributed by atoms with E-state index < -0.39 is 0 Å². The first-order valence-corrected chi connectivity index (χ1v) is 8.79. The first-order valence-electron chi connectivity index (χ1n) is 7.91. The Hall–Kier alpha value is -2.79. The summed E-state index contributed by atoms with van der Waals surface area (Å²) in [6, 6.07) is 15.6. The molecule has 0 saturated heterocycles. The Morgan fingerprint density at radius 1 is 1.08 bits per heavy atom. The summed E-state index contributed by atoms with van der Waals surface area (Å²) < 4.78 is 16.1. The van der Waals surface area contributed by atoms with E-state index in [4.69, 9.17) is 14.2 Å². The van der Waals surface area contributed by atoms with Gasteiger partial charge in [-0.2, -0.15) is 0 Å². The molecule has 0 aliphatic carbocycles. The van der Waals surface area contributed by atoms with Gasteiger partial charge in [0.15, 0.2) is 11.5 Å². The van der Waals surface area contributed by atoms with Crippen molar-refractivity contribution in [3.05, 3.63) is 69.9 Å². The minimum atomic E-state index is -0.316. The molecule has 0 fully saturated rings. The second kappa shape index (κ2) is 6.61.